The van der Waals surface area contributed by atoms with Crippen molar-refractivity contribution in [1.29, 1.82) is 0 Å². The van der Waals surface area contributed by atoms with Crippen LogP contribution < -0.4 is 10.6 Å². The molecule has 2 fully saturated rings. The van der Waals surface area contributed by atoms with E-state index in [0.29, 0.717) is 12.1 Å². The third-order valence-electron chi connectivity index (χ3n) is 3.43. The van der Waals surface area contributed by atoms with Crippen LogP contribution in [0.15, 0.2) is 0 Å². The summed E-state index contributed by atoms with van der Waals surface area (Å²) in [5.74, 6) is 0. The highest BCUT2D eigenvalue weighted by Crippen LogP contribution is 2.40. The van der Waals surface area contributed by atoms with Crippen LogP contribution in [-0.2, 0) is 0 Å². The Morgan fingerprint density at radius 3 is 2.42 bits per heavy atom. The van der Waals surface area contributed by atoms with Gasteiger partial charge in [-0.3, -0.25) is 0 Å². The Labute approximate surface area is 73.5 Å². The monoisotopic (exact) mass is 170 g/mol. The zero-order chi connectivity index (χ0) is 8.77. The first-order chi connectivity index (χ1) is 5.60. The van der Waals surface area contributed by atoms with Crippen LogP contribution in [0, 0.1) is 5.41 Å². The molecule has 0 bridgehead atoms. The highest BCUT2D eigenvalue weighted by atomic mass is 16.3. The van der Waals surface area contributed by atoms with E-state index in [1.807, 2.05) is 0 Å². The number of hydrogen-bond acceptors (Lipinski definition) is 3. The van der Waals surface area contributed by atoms with E-state index in [1.165, 1.54) is 0 Å². The van der Waals surface area contributed by atoms with Crippen LogP contribution in [0.1, 0.15) is 20.3 Å². The Kier molecular flexibility index (Phi) is 1.90. The Morgan fingerprint density at radius 2 is 2.08 bits per heavy atom. The second-order valence-corrected chi connectivity index (χ2v) is 4.65. The minimum absolute atomic E-state index is 0.0790. The van der Waals surface area contributed by atoms with Gasteiger partial charge in [-0.15, -0.1) is 0 Å². The minimum atomic E-state index is -0.108. The quantitative estimate of drug-likeness (QED) is 0.533. The summed E-state index contributed by atoms with van der Waals surface area (Å²) in [6, 6.07) is 1.15. The first-order valence-electron chi connectivity index (χ1n) is 4.75. The molecule has 0 radical (unpaired) electrons. The average Bonchev–Trinajstić information content (AvgIpc) is 1.93. The maximum absolute atomic E-state index is 9.49. The van der Waals surface area contributed by atoms with Crippen LogP contribution in [0.4, 0.5) is 0 Å². The third-order valence-corrected chi connectivity index (χ3v) is 3.43. The Hall–Kier alpha value is -0.120. The molecule has 0 amide bonds. The predicted octanol–water partition coefficient (Wildman–Crippen LogP) is -0.293. The van der Waals surface area contributed by atoms with E-state index in [1.54, 1.807) is 0 Å². The lowest BCUT2D eigenvalue weighted by Crippen LogP contribution is -2.67. The van der Waals surface area contributed by atoms with Gasteiger partial charge in [0.1, 0.15) is 0 Å². The minimum Gasteiger partial charge on any atom is -0.392 e. The highest BCUT2D eigenvalue weighted by molar-refractivity contribution is 5.03. The summed E-state index contributed by atoms with van der Waals surface area (Å²) in [5.41, 5.74) is 0.0790. The number of nitrogens with one attached hydrogen (secondary N) is 2. The normalized spacial score (nSPS) is 40.2. The maximum Gasteiger partial charge on any atom is 0.0621 e. The number of hydrogen-bond donors (Lipinski definition) is 3. The molecule has 3 heteroatoms. The summed E-state index contributed by atoms with van der Waals surface area (Å²) in [6.45, 7) is 6.43. The molecule has 1 saturated heterocycles. The molecule has 0 spiro atoms. The van der Waals surface area contributed by atoms with Crippen molar-refractivity contribution in [3.05, 3.63) is 0 Å². The maximum atomic E-state index is 9.49. The van der Waals surface area contributed by atoms with Gasteiger partial charge in [0.25, 0.3) is 0 Å². The van der Waals surface area contributed by atoms with Crippen molar-refractivity contribution in [3.63, 3.8) is 0 Å². The van der Waals surface area contributed by atoms with Crippen molar-refractivity contribution in [1.82, 2.24) is 10.6 Å². The van der Waals surface area contributed by atoms with Gasteiger partial charge in [-0.25, -0.2) is 0 Å². The molecule has 1 aliphatic heterocycles. The van der Waals surface area contributed by atoms with Gasteiger partial charge in [0, 0.05) is 30.6 Å². The molecule has 1 heterocycles. The van der Waals surface area contributed by atoms with Gasteiger partial charge in [0.15, 0.2) is 0 Å². The van der Waals surface area contributed by atoms with Crippen molar-refractivity contribution in [2.45, 2.75) is 38.5 Å². The summed E-state index contributed by atoms with van der Waals surface area (Å²) < 4.78 is 0. The van der Waals surface area contributed by atoms with Gasteiger partial charge in [0.05, 0.1) is 6.10 Å². The van der Waals surface area contributed by atoms with Crippen LogP contribution in [0.2, 0.25) is 0 Å². The van der Waals surface area contributed by atoms with Gasteiger partial charge in [-0.05, 0) is 6.42 Å². The number of rotatable bonds is 2. The molecule has 1 aliphatic carbocycles. The molecule has 2 aliphatic rings. The fraction of sp³-hybridized carbons (Fsp3) is 1.00. The molecule has 2 rings (SSSR count). The van der Waals surface area contributed by atoms with E-state index in [9.17, 15) is 5.11 Å². The molecule has 0 aromatic heterocycles. The molecule has 2 unspecified atom stereocenters. The zero-order valence-electron chi connectivity index (χ0n) is 7.80. The SMILES string of the molecule is CC1(C)C(O)CC1NC1CNC1. The predicted molar refractivity (Wildman–Crippen MR) is 48.0 cm³/mol. The van der Waals surface area contributed by atoms with Crippen molar-refractivity contribution in [3.8, 4) is 0 Å². The van der Waals surface area contributed by atoms with Gasteiger partial charge in [0.2, 0.25) is 0 Å². The Morgan fingerprint density at radius 1 is 1.42 bits per heavy atom. The van der Waals surface area contributed by atoms with Crippen molar-refractivity contribution >= 4 is 0 Å². The van der Waals surface area contributed by atoms with Crippen molar-refractivity contribution in [2.24, 2.45) is 5.41 Å². The van der Waals surface area contributed by atoms with Gasteiger partial charge < -0.3 is 15.7 Å². The Balaban J connectivity index is 1.82. The van der Waals surface area contributed by atoms with Gasteiger partial charge in [-0.1, -0.05) is 13.8 Å². The summed E-state index contributed by atoms with van der Waals surface area (Å²) in [5, 5.41) is 16.3. The van der Waals surface area contributed by atoms with E-state index < -0.39 is 0 Å². The van der Waals surface area contributed by atoms with E-state index in [-0.39, 0.29) is 11.5 Å². The van der Waals surface area contributed by atoms with E-state index in [0.717, 1.165) is 19.5 Å². The smallest absolute Gasteiger partial charge is 0.0621 e. The first-order valence-corrected chi connectivity index (χ1v) is 4.75. The van der Waals surface area contributed by atoms with Crippen LogP contribution in [0.5, 0.6) is 0 Å². The molecular formula is C9H18N2O. The second kappa shape index (κ2) is 2.69. The van der Waals surface area contributed by atoms with Gasteiger partial charge >= 0.3 is 0 Å². The van der Waals surface area contributed by atoms with Gasteiger partial charge in [-0.2, -0.15) is 0 Å². The molecule has 0 aromatic carbocycles. The fourth-order valence-electron chi connectivity index (χ4n) is 1.88. The molecular weight excluding hydrogens is 152 g/mol. The largest absolute Gasteiger partial charge is 0.392 e. The molecule has 0 aromatic rings. The summed E-state index contributed by atoms with van der Waals surface area (Å²) >= 11 is 0. The van der Waals surface area contributed by atoms with E-state index >= 15 is 0 Å². The zero-order valence-corrected chi connectivity index (χ0v) is 7.80. The Bertz CT molecular complexity index is 177. The fourth-order valence-corrected chi connectivity index (χ4v) is 1.88. The molecule has 1 saturated carbocycles. The molecule has 3 N–H and O–H groups in total. The lowest BCUT2D eigenvalue weighted by molar-refractivity contribution is -0.0775. The molecule has 70 valence electrons. The van der Waals surface area contributed by atoms with E-state index in [2.05, 4.69) is 24.5 Å². The van der Waals surface area contributed by atoms with Crippen molar-refractivity contribution in [2.75, 3.05) is 13.1 Å². The first kappa shape index (κ1) is 8.48. The number of aliphatic hydroxyl groups is 1. The van der Waals surface area contributed by atoms with Crippen LogP contribution >= 0.6 is 0 Å². The third kappa shape index (κ3) is 1.16. The van der Waals surface area contributed by atoms with Crippen molar-refractivity contribution < 1.29 is 5.11 Å². The number of aliphatic hydroxyl groups excluding tert-OH is 1. The lowest BCUT2D eigenvalue weighted by atomic mass is 9.64. The van der Waals surface area contributed by atoms with Crippen LogP contribution in [-0.4, -0.2) is 36.4 Å². The summed E-state index contributed by atoms with van der Waals surface area (Å²) in [7, 11) is 0. The topological polar surface area (TPSA) is 44.3 Å². The van der Waals surface area contributed by atoms with Crippen LogP contribution in [0.3, 0.4) is 0 Å². The second-order valence-electron chi connectivity index (χ2n) is 4.65. The van der Waals surface area contributed by atoms with E-state index in [4.69, 9.17) is 0 Å². The molecule has 3 nitrogen and oxygen atoms in total. The average molecular weight is 170 g/mol. The standard InChI is InChI=1S/C9H18N2O/c1-9(2)7(3-8(9)12)11-6-4-10-5-6/h6-8,10-12H,3-5H2,1-2H3. The molecule has 12 heavy (non-hydrogen) atoms. The molecule has 2 atom stereocenters. The lowest BCUT2D eigenvalue weighted by Gasteiger charge is -2.52. The summed E-state index contributed by atoms with van der Waals surface area (Å²) in [4.78, 5) is 0. The highest BCUT2D eigenvalue weighted by Gasteiger charge is 2.47. The van der Waals surface area contributed by atoms with Crippen LogP contribution in [0.25, 0.3) is 0 Å². The summed E-state index contributed by atoms with van der Waals surface area (Å²) in [6.07, 6.45) is 0.812.